The quantitative estimate of drug-likeness (QED) is 0.0410. The highest BCUT2D eigenvalue weighted by Gasteiger charge is 2.36. The van der Waals surface area contributed by atoms with E-state index in [0.29, 0.717) is 28.6 Å². The Kier molecular flexibility index (Phi) is 20.4. The summed E-state index contributed by atoms with van der Waals surface area (Å²) in [6.07, 6.45) is 2.66. The minimum absolute atomic E-state index is 0.179. The number of carboxylic acids is 3. The van der Waals surface area contributed by atoms with Crippen LogP contribution < -0.4 is 43.0 Å². The topological polar surface area (TPSA) is 386 Å². The van der Waals surface area contributed by atoms with Crippen molar-refractivity contribution in [3.63, 3.8) is 0 Å². The molecule has 0 aliphatic carbocycles. The highest BCUT2D eigenvalue weighted by atomic mass is 16.4. The molecule has 3 rings (SSSR count). The maximum atomic E-state index is 14.3. The lowest BCUT2D eigenvalue weighted by molar-refractivity contribution is -0.143. The van der Waals surface area contributed by atoms with E-state index in [0.717, 1.165) is 0 Å². The van der Waals surface area contributed by atoms with Crippen LogP contribution in [0.5, 0.6) is 0 Å². The number of rotatable bonds is 27. The Bertz CT molecular complexity index is 2240. The van der Waals surface area contributed by atoms with Gasteiger partial charge in [0, 0.05) is 41.8 Å². The molecule has 1 aromatic carbocycles. The number of hydrogen-bond donors (Lipinski definition) is 13. The van der Waals surface area contributed by atoms with Gasteiger partial charge in [-0.1, -0.05) is 66.2 Å². The van der Waals surface area contributed by atoms with Crippen LogP contribution in [0.3, 0.4) is 0 Å². The van der Waals surface area contributed by atoms with Gasteiger partial charge in [-0.25, -0.2) is 9.78 Å². The lowest BCUT2D eigenvalue weighted by Gasteiger charge is -2.29. The van der Waals surface area contributed by atoms with Gasteiger partial charge >= 0.3 is 17.9 Å². The molecule has 2 heterocycles. The van der Waals surface area contributed by atoms with E-state index < -0.39 is 139 Å². The second-order valence-electron chi connectivity index (χ2n) is 16.8. The zero-order chi connectivity index (χ0) is 50.1. The number of hydrogen-bond acceptors (Lipinski definition) is 12. The molecule has 0 radical (unpaired) electrons. The molecule has 0 aliphatic rings. The van der Waals surface area contributed by atoms with Crippen molar-refractivity contribution in [3.05, 3.63) is 54.2 Å². The second kappa shape index (κ2) is 25.4. The fourth-order valence-corrected chi connectivity index (χ4v) is 6.79. The van der Waals surface area contributed by atoms with Crippen LogP contribution in [-0.2, 0) is 60.8 Å². The van der Waals surface area contributed by atoms with Gasteiger partial charge in [0.05, 0.1) is 31.8 Å². The summed E-state index contributed by atoms with van der Waals surface area (Å²) in [7, 11) is 0. The minimum atomic E-state index is -1.79. The smallest absolute Gasteiger partial charge is 0.326 e. The van der Waals surface area contributed by atoms with E-state index in [2.05, 4.69) is 52.2 Å². The summed E-state index contributed by atoms with van der Waals surface area (Å²) >= 11 is 0. The molecule has 2 aromatic heterocycles. The molecule has 3 aromatic rings. The average Bonchev–Trinajstić information content (AvgIpc) is 3.93. The molecule has 67 heavy (non-hydrogen) atoms. The van der Waals surface area contributed by atoms with Crippen molar-refractivity contribution in [1.29, 1.82) is 0 Å². The first-order valence-electron chi connectivity index (χ1n) is 21.6. The summed E-state index contributed by atoms with van der Waals surface area (Å²) in [5.74, 6) is -12.3. The Morgan fingerprint density at radius 2 is 1.21 bits per heavy atom. The van der Waals surface area contributed by atoms with E-state index in [1.54, 1.807) is 72.0 Å². The number of nitrogens with one attached hydrogen (secondary N) is 9. The van der Waals surface area contributed by atoms with Crippen LogP contribution in [0.1, 0.15) is 72.1 Å². The van der Waals surface area contributed by atoms with E-state index >= 15 is 0 Å². The number of para-hydroxylation sites is 1. The number of nitrogens with two attached hydrogens (primary N) is 1. The number of imidazole rings is 1. The first-order chi connectivity index (χ1) is 31.5. The molecule has 0 saturated carbocycles. The molecule has 0 unspecified atom stereocenters. The third-order valence-corrected chi connectivity index (χ3v) is 10.8. The number of benzene rings is 1. The fourth-order valence-electron chi connectivity index (χ4n) is 6.79. The number of carboxylic acid groups (broad SMARTS) is 3. The van der Waals surface area contributed by atoms with Gasteiger partial charge in [-0.05, 0) is 29.4 Å². The van der Waals surface area contributed by atoms with Gasteiger partial charge in [0.25, 0.3) is 0 Å². The molecule has 7 amide bonds. The Morgan fingerprint density at radius 3 is 1.78 bits per heavy atom. The van der Waals surface area contributed by atoms with Crippen molar-refractivity contribution in [2.24, 2.45) is 23.5 Å². The Morgan fingerprint density at radius 1 is 0.642 bits per heavy atom. The van der Waals surface area contributed by atoms with Gasteiger partial charge in [0.2, 0.25) is 41.4 Å². The molecule has 24 nitrogen and oxygen atoms in total. The number of aromatic nitrogens is 3. The Labute approximate surface area is 385 Å². The molecular formula is C43H61N11O13. The fraction of sp³-hybridized carbons (Fsp3) is 0.512. The molecular weight excluding hydrogens is 879 g/mol. The number of amides is 7. The lowest BCUT2D eigenvalue weighted by Crippen LogP contribution is -2.61. The van der Waals surface area contributed by atoms with Crippen LogP contribution in [0.15, 0.2) is 43.0 Å². The third kappa shape index (κ3) is 16.5. The van der Waals surface area contributed by atoms with E-state index in [4.69, 9.17) is 10.8 Å². The number of H-pyrrole nitrogens is 2. The second-order valence-corrected chi connectivity index (χ2v) is 16.8. The van der Waals surface area contributed by atoms with Crippen LogP contribution in [0.2, 0.25) is 0 Å². The molecule has 0 saturated heterocycles. The molecule has 24 heteroatoms. The minimum Gasteiger partial charge on any atom is -0.481 e. The van der Waals surface area contributed by atoms with Crippen molar-refractivity contribution >= 4 is 70.2 Å². The number of nitrogens with zero attached hydrogens (tertiary/aromatic N) is 1. The van der Waals surface area contributed by atoms with Crippen LogP contribution in [-0.4, -0.2) is 138 Å². The number of aliphatic carboxylic acids is 3. The monoisotopic (exact) mass is 939 g/mol. The zero-order valence-corrected chi connectivity index (χ0v) is 38.0. The number of carbonyl (C=O) groups excluding carboxylic acids is 7. The Hall–Kier alpha value is -7.37. The zero-order valence-electron chi connectivity index (χ0n) is 38.0. The molecule has 0 bridgehead atoms. The van der Waals surface area contributed by atoms with Crippen LogP contribution in [0, 0.1) is 17.8 Å². The van der Waals surface area contributed by atoms with Crippen molar-refractivity contribution < 1.29 is 63.3 Å². The number of carbonyl (C=O) groups is 10. The van der Waals surface area contributed by atoms with E-state index in [9.17, 15) is 58.2 Å². The van der Waals surface area contributed by atoms with Gasteiger partial charge in [-0.2, -0.15) is 0 Å². The van der Waals surface area contributed by atoms with Crippen LogP contribution >= 0.6 is 0 Å². The van der Waals surface area contributed by atoms with E-state index in [1.807, 2.05) is 0 Å². The predicted octanol–water partition coefficient (Wildman–Crippen LogP) is -1.58. The van der Waals surface area contributed by atoms with Crippen molar-refractivity contribution in [1.82, 2.24) is 52.2 Å². The lowest BCUT2D eigenvalue weighted by atomic mass is 9.96. The van der Waals surface area contributed by atoms with E-state index in [-0.39, 0.29) is 12.8 Å². The normalized spacial score (nSPS) is 14.8. The largest absolute Gasteiger partial charge is 0.481 e. The standard InChI is InChI=1S/C43H61N11O13/c1-7-22(6)36(54-37(60)26(44)14-32(56)57)42(65)51-29(13-24-17-45-19-48-24)40(63)53-34(20(2)3)41(64)50-28(12-23-16-46-27-11-9-8-10-25(23)27)39(62)49-30(15-33(58)59)38(61)47-18-31(55)52-35(21(4)5)43(66)67/h8-11,16-17,19-22,26,28-30,34-36,46H,7,12-15,18,44H2,1-6H3,(H,45,48)(H,47,61)(H,49,62)(H,50,64)(H,51,65)(H,52,55)(H,53,63)(H,54,60)(H,56,57)(H,58,59)(H,66,67)/t22-,26-,28-,29-,30-,34-,35-,36+/m0/s1. The van der Waals surface area contributed by atoms with Gasteiger partial charge in [0.1, 0.15) is 36.3 Å². The SMILES string of the molecule is CC[C@H](C)[C@@H](NC(=O)[C@@H](N)CC(=O)O)C(=O)N[C@@H](Cc1cnc[nH]1)C(=O)N[C@H](C(=O)N[C@@H](Cc1c[nH]c2ccccc12)C(=O)N[C@@H](CC(=O)O)C(=O)NCC(=O)N[C@H](C(=O)O)C(C)C)C(C)C. The molecule has 14 N–H and O–H groups in total. The number of aromatic amines is 2. The molecule has 0 spiro atoms. The Balaban J connectivity index is 1.92. The molecule has 8 atom stereocenters. The first-order valence-corrected chi connectivity index (χ1v) is 21.6. The maximum Gasteiger partial charge on any atom is 0.326 e. The van der Waals surface area contributed by atoms with Crippen molar-refractivity contribution in [3.8, 4) is 0 Å². The van der Waals surface area contributed by atoms with E-state index in [1.165, 1.54) is 12.5 Å². The molecule has 0 fully saturated rings. The summed E-state index contributed by atoms with van der Waals surface area (Å²) in [5.41, 5.74) is 7.36. The van der Waals surface area contributed by atoms with Crippen molar-refractivity contribution in [2.45, 2.75) is 116 Å². The summed E-state index contributed by atoms with van der Waals surface area (Å²) in [6.45, 7) is 8.94. The number of fused-ring (bicyclic) bond motifs is 1. The summed E-state index contributed by atoms with van der Waals surface area (Å²) in [5, 5.41) is 46.1. The first kappa shape index (κ1) is 54.0. The highest BCUT2D eigenvalue weighted by Crippen LogP contribution is 2.20. The summed E-state index contributed by atoms with van der Waals surface area (Å²) in [6, 6.07) is -3.08. The van der Waals surface area contributed by atoms with Crippen LogP contribution in [0.25, 0.3) is 10.9 Å². The van der Waals surface area contributed by atoms with Gasteiger partial charge in [-0.15, -0.1) is 0 Å². The summed E-state index contributed by atoms with van der Waals surface area (Å²) < 4.78 is 0. The van der Waals surface area contributed by atoms with Gasteiger partial charge < -0.3 is 68.2 Å². The van der Waals surface area contributed by atoms with Crippen LogP contribution in [0.4, 0.5) is 0 Å². The van der Waals surface area contributed by atoms with Gasteiger partial charge in [0.15, 0.2) is 0 Å². The maximum absolute atomic E-state index is 14.3. The van der Waals surface area contributed by atoms with Crippen molar-refractivity contribution in [2.75, 3.05) is 6.54 Å². The molecule has 366 valence electrons. The summed E-state index contributed by atoms with van der Waals surface area (Å²) in [4.78, 5) is 140. The predicted molar refractivity (Wildman–Crippen MR) is 238 cm³/mol. The van der Waals surface area contributed by atoms with Gasteiger partial charge in [-0.3, -0.25) is 43.2 Å². The highest BCUT2D eigenvalue weighted by molar-refractivity contribution is 5.98. The molecule has 0 aliphatic heterocycles. The third-order valence-electron chi connectivity index (χ3n) is 10.8. The average molecular weight is 940 g/mol.